The van der Waals surface area contributed by atoms with E-state index in [2.05, 4.69) is 22.0 Å². The van der Waals surface area contributed by atoms with Gasteiger partial charge in [0.15, 0.2) is 6.61 Å². The molecule has 1 N–H and O–H groups in total. The highest BCUT2D eigenvalue weighted by Crippen LogP contribution is 2.37. The summed E-state index contributed by atoms with van der Waals surface area (Å²) in [5.41, 5.74) is 2.98. The minimum atomic E-state index is -1.01. The van der Waals surface area contributed by atoms with E-state index in [1.807, 2.05) is 54.6 Å². The van der Waals surface area contributed by atoms with Crippen LogP contribution in [0.1, 0.15) is 11.1 Å². The largest absolute Gasteiger partial charge is 0.496 e. The summed E-state index contributed by atoms with van der Waals surface area (Å²) in [5, 5.41) is 8.76. The fourth-order valence-corrected chi connectivity index (χ4v) is 4.64. The minimum Gasteiger partial charge on any atom is -0.496 e. The highest BCUT2D eigenvalue weighted by molar-refractivity contribution is 9.10. The number of benzene rings is 3. The molecule has 0 unspecified atom stereocenters. The van der Waals surface area contributed by atoms with Gasteiger partial charge in [-0.15, -0.1) is 11.8 Å². The van der Waals surface area contributed by atoms with Crippen LogP contribution in [0.15, 0.2) is 82.2 Å². The Morgan fingerprint density at radius 3 is 2.09 bits per heavy atom. The van der Waals surface area contributed by atoms with E-state index in [1.165, 1.54) is 0 Å². The Labute approximate surface area is 200 Å². The van der Waals surface area contributed by atoms with Gasteiger partial charge in [0.05, 0.1) is 14.2 Å². The lowest BCUT2D eigenvalue weighted by atomic mass is 9.96. The van der Waals surface area contributed by atoms with E-state index in [4.69, 9.17) is 19.3 Å². The maximum atomic E-state index is 10.7. The maximum absolute atomic E-state index is 10.7. The lowest BCUT2D eigenvalue weighted by Crippen LogP contribution is -2.09. The van der Waals surface area contributed by atoms with Crippen molar-refractivity contribution in [1.29, 1.82) is 0 Å². The molecule has 0 aliphatic heterocycles. The second kappa shape index (κ2) is 11.6. The van der Waals surface area contributed by atoms with Crippen molar-refractivity contribution < 1.29 is 24.1 Å². The third kappa shape index (κ3) is 6.08. The molecule has 166 valence electrons. The Balaban J connectivity index is 1.88. The lowest BCUT2D eigenvalue weighted by Gasteiger charge is -2.16. The van der Waals surface area contributed by atoms with Crippen LogP contribution in [0, 0.1) is 0 Å². The third-order valence-electron chi connectivity index (χ3n) is 4.59. The van der Waals surface area contributed by atoms with Crippen LogP contribution in [0.3, 0.4) is 0 Å². The van der Waals surface area contributed by atoms with Crippen molar-refractivity contribution in [3.63, 3.8) is 0 Å². The van der Waals surface area contributed by atoms with Crippen molar-refractivity contribution in [2.45, 2.75) is 4.90 Å². The fourth-order valence-electron chi connectivity index (χ4n) is 3.15. The molecule has 0 aliphatic carbocycles. The highest BCUT2D eigenvalue weighted by atomic mass is 79.9. The minimum absolute atomic E-state index is 0.372. The van der Waals surface area contributed by atoms with E-state index < -0.39 is 5.97 Å². The Morgan fingerprint density at radius 1 is 0.969 bits per heavy atom. The van der Waals surface area contributed by atoms with Crippen LogP contribution in [-0.2, 0) is 4.79 Å². The number of thioether (sulfide) groups is 1. The van der Waals surface area contributed by atoms with Crippen LogP contribution in [0.2, 0.25) is 0 Å². The highest BCUT2D eigenvalue weighted by Gasteiger charge is 2.14. The van der Waals surface area contributed by atoms with E-state index in [0.717, 1.165) is 37.6 Å². The van der Waals surface area contributed by atoms with E-state index >= 15 is 0 Å². The van der Waals surface area contributed by atoms with Crippen molar-refractivity contribution in [3.8, 4) is 17.2 Å². The molecule has 0 aromatic heterocycles. The zero-order chi connectivity index (χ0) is 22.9. The maximum Gasteiger partial charge on any atom is 0.341 e. The van der Waals surface area contributed by atoms with Crippen LogP contribution >= 0.6 is 27.7 Å². The van der Waals surface area contributed by atoms with Crippen LogP contribution in [0.5, 0.6) is 17.2 Å². The summed E-state index contributed by atoms with van der Waals surface area (Å²) in [6.45, 7) is -0.372. The summed E-state index contributed by atoms with van der Waals surface area (Å²) in [4.78, 5) is 11.7. The number of carbonyl (C=O) groups is 1. The average Bonchev–Trinajstić information content (AvgIpc) is 2.81. The molecule has 0 heterocycles. The molecule has 0 bridgehead atoms. The topological polar surface area (TPSA) is 65.0 Å². The molecule has 0 saturated heterocycles. The summed E-state index contributed by atoms with van der Waals surface area (Å²) in [5.74, 6) is 1.76. The second-order valence-corrected chi connectivity index (χ2v) is 8.52. The van der Waals surface area contributed by atoms with Gasteiger partial charge in [0, 0.05) is 26.2 Å². The Kier molecular flexibility index (Phi) is 8.64. The Hall–Kier alpha value is -2.90. The van der Waals surface area contributed by atoms with Gasteiger partial charge in [0.25, 0.3) is 0 Å². The number of methoxy groups -OCH3 is 2. The molecule has 0 spiro atoms. The standard InChI is InChI=1S/C25H23BrO5S/c1-29-22-9-5-3-7-19(22)18(20-8-4-6-10-23(20)30-2)13-14-32-24-12-11-17(15-21(24)26)31-16-25(27)28/h3-13,15H,14,16H2,1-2H3,(H,27,28). The van der Waals surface area contributed by atoms with E-state index in [1.54, 1.807) is 38.1 Å². The van der Waals surface area contributed by atoms with Crippen LogP contribution in [0.4, 0.5) is 0 Å². The van der Waals surface area contributed by atoms with Gasteiger partial charge in [-0.3, -0.25) is 0 Å². The van der Waals surface area contributed by atoms with Gasteiger partial charge in [-0.2, -0.15) is 0 Å². The summed E-state index contributed by atoms with van der Waals surface area (Å²) >= 11 is 5.20. The zero-order valence-electron chi connectivity index (χ0n) is 17.7. The predicted octanol–water partition coefficient (Wildman–Crippen LogP) is 6.15. The molecule has 0 fully saturated rings. The van der Waals surface area contributed by atoms with Gasteiger partial charge >= 0.3 is 5.97 Å². The quantitative estimate of drug-likeness (QED) is 0.327. The van der Waals surface area contributed by atoms with E-state index in [-0.39, 0.29) is 6.61 Å². The van der Waals surface area contributed by atoms with Gasteiger partial charge in [0.2, 0.25) is 0 Å². The van der Waals surface area contributed by atoms with Crippen LogP contribution in [0.25, 0.3) is 5.57 Å². The van der Waals surface area contributed by atoms with Gasteiger partial charge in [-0.1, -0.05) is 42.5 Å². The van der Waals surface area contributed by atoms with Crippen molar-refractivity contribution in [2.24, 2.45) is 0 Å². The first-order valence-electron chi connectivity index (χ1n) is 9.77. The number of aliphatic carboxylic acids is 1. The summed E-state index contributed by atoms with van der Waals surface area (Å²) in [7, 11) is 3.33. The fraction of sp³-hybridized carbons (Fsp3) is 0.160. The van der Waals surface area contributed by atoms with Gasteiger partial charge < -0.3 is 19.3 Å². The number of halogens is 1. The number of para-hydroxylation sites is 2. The van der Waals surface area contributed by atoms with Crippen molar-refractivity contribution in [2.75, 3.05) is 26.6 Å². The monoisotopic (exact) mass is 514 g/mol. The first-order chi connectivity index (χ1) is 15.5. The predicted molar refractivity (Wildman–Crippen MR) is 131 cm³/mol. The molecular formula is C25H23BrO5S. The molecule has 5 nitrogen and oxygen atoms in total. The molecule has 3 aromatic rings. The van der Waals surface area contributed by atoms with Gasteiger partial charge in [-0.05, 0) is 51.8 Å². The summed E-state index contributed by atoms with van der Waals surface area (Å²) in [6, 6.07) is 21.3. The molecule has 7 heteroatoms. The normalized spacial score (nSPS) is 10.3. The second-order valence-electron chi connectivity index (χ2n) is 6.60. The molecular weight excluding hydrogens is 492 g/mol. The molecule has 0 atom stereocenters. The number of hydrogen-bond acceptors (Lipinski definition) is 5. The van der Waals surface area contributed by atoms with Crippen molar-refractivity contribution in [1.82, 2.24) is 0 Å². The molecule has 0 radical (unpaired) electrons. The lowest BCUT2D eigenvalue weighted by molar-refractivity contribution is -0.139. The first-order valence-corrected chi connectivity index (χ1v) is 11.5. The number of rotatable bonds is 10. The summed E-state index contributed by atoms with van der Waals surface area (Å²) in [6.07, 6.45) is 2.15. The average molecular weight is 515 g/mol. The molecule has 3 aromatic carbocycles. The molecule has 0 aliphatic rings. The van der Waals surface area contributed by atoms with Crippen molar-refractivity contribution >= 4 is 39.2 Å². The first kappa shape index (κ1) is 23.8. The number of ether oxygens (including phenoxy) is 3. The van der Waals surface area contributed by atoms with Gasteiger partial charge in [0.1, 0.15) is 17.2 Å². The number of hydrogen-bond donors (Lipinski definition) is 1. The molecule has 0 saturated carbocycles. The number of carboxylic acids is 1. The van der Waals surface area contributed by atoms with Crippen LogP contribution < -0.4 is 14.2 Å². The van der Waals surface area contributed by atoms with E-state index in [9.17, 15) is 4.79 Å². The molecule has 0 amide bonds. The molecule has 3 rings (SSSR count). The molecule has 32 heavy (non-hydrogen) atoms. The summed E-state index contributed by atoms with van der Waals surface area (Å²) < 4.78 is 17.3. The van der Waals surface area contributed by atoms with Crippen molar-refractivity contribution in [3.05, 3.63) is 88.4 Å². The number of carboxylic acid groups (broad SMARTS) is 1. The SMILES string of the molecule is COc1ccccc1C(=CCSc1ccc(OCC(=O)O)cc1Br)c1ccccc1OC. The smallest absolute Gasteiger partial charge is 0.341 e. The third-order valence-corrected chi connectivity index (χ3v) is 6.51. The van der Waals surface area contributed by atoms with Crippen LogP contribution in [-0.4, -0.2) is 37.7 Å². The Morgan fingerprint density at radius 2 is 1.56 bits per heavy atom. The van der Waals surface area contributed by atoms with E-state index in [0.29, 0.717) is 11.5 Å². The Bertz CT molecular complexity index is 1060. The van der Waals surface area contributed by atoms with Gasteiger partial charge in [-0.25, -0.2) is 4.79 Å². The zero-order valence-corrected chi connectivity index (χ0v) is 20.1.